The minimum absolute atomic E-state index is 0.0477. The number of ether oxygens (including phenoxy) is 2. The Hall–Kier alpha value is -2.91. The molecule has 0 saturated carbocycles. The summed E-state index contributed by atoms with van der Waals surface area (Å²) in [6, 6.07) is 14.3. The van der Waals surface area contributed by atoms with E-state index in [0.29, 0.717) is 23.5 Å². The van der Waals surface area contributed by atoms with Crippen molar-refractivity contribution in [2.75, 3.05) is 35.6 Å². The molecule has 1 aliphatic heterocycles. The van der Waals surface area contributed by atoms with Gasteiger partial charge in [0.05, 0.1) is 31.5 Å². The number of hydrogen-bond acceptors (Lipinski definition) is 6. The van der Waals surface area contributed by atoms with Crippen molar-refractivity contribution in [3.8, 4) is 0 Å². The lowest BCUT2D eigenvalue weighted by Gasteiger charge is -2.19. The van der Waals surface area contributed by atoms with Crippen LogP contribution in [0.25, 0.3) is 0 Å². The van der Waals surface area contributed by atoms with Crippen LogP contribution in [0.5, 0.6) is 0 Å². The maximum atomic E-state index is 12.8. The summed E-state index contributed by atoms with van der Waals surface area (Å²) in [5, 5.41) is 0. The summed E-state index contributed by atoms with van der Waals surface area (Å²) in [6.07, 6.45) is 0. The Balaban J connectivity index is 1.66. The smallest absolute Gasteiger partial charge is 0.325 e. The predicted molar refractivity (Wildman–Crippen MR) is 117 cm³/mol. The zero-order valence-electron chi connectivity index (χ0n) is 17.8. The number of nitrogens with one attached hydrogen (secondary N) is 1. The molecule has 1 heterocycles. The zero-order chi connectivity index (χ0) is 22.6. The summed E-state index contributed by atoms with van der Waals surface area (Å²) in [4.78, 5) is 25.8. The van der Waals surface area contributed by atoms with Gasteiger partial charge in [-0.3, -0.25) is 14.3 Å². The molecule has 3 rings (SSSR count). The lowest BCUT2D eigenvalue weighted by atomic mass is 9.86. The molecule has 1 N–H and O–H groups in total. The molecule has 0 unspecified atom stereocenters. The Morgan fingerprint density at radius 2 is 1.84 bits per heavy atom. The Morgan fingerprint density at radius 1 is 1.13 bits per heavy atom. The first-order valence-corrected chi connectivity index (χ1v) is 11.4. The van der Waals surface area contributed by atoms with Gasteiger partial charge in [0.25, 0.3) is 0 Å². The number of carbonyl (C=O) groups excluding carboxylic acids is 2. The second-order valence-corrected chi connectivity index (χ2v) is 9.63. The van der Waals surface area contributed by atoms with Gasteiger partial charge in [0.2, 0.25) is 15.9 Å². The quantitative estimate of drug-likeness (QED) is 0.469. The minimum atomic E-state index is -3.64. The molecular formula is C22H26N2O6S. The van der Waals surface area contributed by atoms with E-state index in [-0.39, 0.29) is 24.8 Å². The molecule has 0 spiro atoms. The van der Waals surface area contributed by atoms with Crippen LogP contribution in [0.2, 0.25) is 0 Å². The number of anilines is 2. The molecule has 0 saturated heterocycles. The SMILES string of the molecule is COC(=O)CN1C(=O)C(C)(C)c2cc(NS(=O)(=O)CCOCc3ccccc3)ccc21. The average Bonchev–Trinajstić information content (AvgIpc) is 2.92. The van der Waals surface area contributed by atoms with Crippen LogP contribution in [0.1, 0.15) is 25.0 Å². The van der Waals surface area contributed by atoms with Gasteiger partial charge in [-0.1, -0.05) is 30.3 Å². The zero-order valence-corrected chi connectivity index (χ0v) is 18.6. The highest BCUT2D eigenvalue weighted by molar-refractivity contribution is 7.92. The van der Waals surface area contributed by atoms with Crippen molar-refractivity contribution in [3.05, 3.63) is 59.7 Å². The number of rotatable bonds is 9. The van der Waals surface area contributed by atoms with Crippen LogP contribution >= 0.6 is 0 Å². The number of nitrogens with zero attached hydrogens (tertiary/aromatic N) is 1. The number of methoxy groups -OCH3 is 1. The van der Waals surface area contributed by atoms with Crippen LogP contribution < -0.4 is 9.62 Å². The van der Waals surface area contributed by atoms with E-state index in [9.17, 15) is 18.0 Å². The highest BCUT2D eigenvalue weighted by atomic mass is 32.2. The third-order valence-electron chi connectivity index (χ3n) is 5.14. The maximum absolute atomic E-state index is 12.8. The highest BCUT2D eigenvalue weighted by Crippen LogP contribution is 2.42. The second kappa shape index (κ2) is 9.07. The summed E-state index contributed by atoms with van der Waals surface area (Å²) in [5.41, 5.74) is 1.62. The van der Waals surface area contributed by atoms with Crippen LogP contribution in [0.15, 0.2) is 48.5 Å². The molecule has 0 aliphatic carbocycles. The van der Waals surface area contributed by atoms with Gasteiger partial charge >= 0.3 is 5.97 Å². The molecule has 0 bridgehead atoms. The highest BCUT2D eigenvalue weighted by Gasteiger charge is 2.44. The van der Waals surface area contributed by atoms with Gasteiger partial charge in [0.1, 0.15) is 6.54 Å². The molecule has 1 amide bonds. The third kappa shape index (κ3) is 5.23. The molecule has 0 radical (unpaired) electrons. The van der Waals surface area contributed by atoms with Crippen molar-refractivity contribution < 1.29 is 27.5 Å². The Labute approximate surface area is 182 Å². The van der Waals surface area contributed by atoms with E-state index in [1.807, 2.05) is 30.3 Å². The Bertz CT molecular complexity index is 1070. The number of hydrogen-bond donors (Lipinski definition) is 1. The molecule has 31 heavy (non-hydrogen) atoms. The van der Waals surface area contributed by atoms with Gasteiger partial charge < -0.3 is 14.4 Å². The van der Waals surface area contributed by atoms with E-state index in [0.717, 1.165) is 5.56 Å². The van der Waals surface area contributed by atoms with E-state index in [1.54, 1.807) is 32.0 Å². The molecule has 0 atom stereocenters. The molecule has 8 nitrogen and oxygen atoms in total. The van der Waals surface area contributed by atoms with Crippen molar-refractivity contribution in [2.24, 2.45) is 0 Å². The van der Waals surface area contributed by atoms with Crippen molar-refractivity contribution in [3.63, 3.8) is 0 Å². The number of amides is 1. The Kier molecular flexibility index (Phi) is 6.66. The van der Waals surface area contributed by atoms with Crippen molar-refractivity contribution in [1.82, 2.24) is 0 Å². The van der Waals surface area contributed by atoms with Crippen LogP contribution in [-0.4, -0.2) is 46.3 Å². The summed E-state index contributed by atoms with van der Waals surface area (Å²) in [7, 11) is -2.38. The molecule has 9 heteroatoms. The monoisotopic (exact) mass is 446 g/mol. The molecular weight excluding hydrogens is 420 g/mol. The van der Waals surface area contributed by atoms with Gasteiger partial charge in [-0.05, 0) is 43.2 Å². The normalized spacial score (nSPS) is 14.9. The predicted octanol–water partition coefficient (Wildman–Crippen LogP) is 2.44. The fourth-order valence-corrected chi connectivity index (χ4v) is 4.34. The van der Waals surface area contributed by atoms with Crippen molar-refractivity contribution in [2.45, 2.75) is 25.9 Å². The first-order valence-electron chi connectivity index (χ1n) is 9.79. The minimum Gasteiger partial charge on any atom is -0.468 e. The van der Waals surface area contributed by atoms with E-state index in [1.165, 1.54) is 12.0 Å². The largest absolute Gasteiger partial charge is 0.468 e. The van der Waals surface area contributed by atoms with Crippen LogP contribution in [0, 0.1) is 0 Å². The molecule has 2 aromatic rings. The number of carbonyl (C=O) groups is 2. The van der Waals surface area contributed by atoms with Gasteiger partial charge in [-0.2, -0.15) is 0 Å². The first-order chi connectivity index (χ1) is 14.6. The maximum Gasteiger partial charge on any atom is 0.325 e. The van der Waals surface area contributed by atoms with Gasteiger partial charge in [0, 0.05) is 11.4 Å². The molecule has 1 aliphatic rings. The number of sulfonamides is 1. The number of benzene rings is 2. The Morgan fingerprint density at radius 3 is 2.52 bits per heavy atom. The summed E-state index contributed by atoms with van der Waals surface area (Å²) >= 11 is 0. The van der Waals surface area contributed by atoms with E-state index in [2.05, 4.69) is 9.46 Å². The molecule has 2 aromatic carbocycles. The topological polar surface area (TPSA) is 102 Å². The van der Waals surface area contributed by atoms with Crippen molar-refractivity contribution >= 4 is 33.3 Å². The van der Waals surface area contributed by atoms with Gasteiger partial charge in [0.15, 0.2) is 0 Å². The van der Waals surface area contributed by atoms with E-state index >= 15 is 0 Å². The molecule has 0 fully saturated rings. The fourth-order valence-electron chi connectivity index (χ4n) is 3.41. The van der Waals surface area contributed by atoms with Gasteiger partial charge in [-0.25, -0.2) is 8.42 Å². The van der Waals surface area contributed by atoms with Crippen LogP contribution in [0.3, 0.4) is 0 Å². The molecule has 0 aromatic heterocycles. The van der Waals surface area contributed by atoms with E-state index < -0.39 is 21.4 Å². The number of fused-ring (bicyclic) bond motifs is 1. The van der Waals surface area contributed by atoms with Gasteiger partial charge in [-0.15, -0.1) is 0 Å². The standard InChI is InChI=1S/C22H26N2O6S/c1-22(2)18-13-17(9-10-19(18)24(21(22)26)14-20(25)29-3)23-31(27,28)12-11-30-15-16-7-5-4-6-8-16/h4-10,13,23H,11-12,14-15H2,1-3H3. The fraction of sp³-hybridized carbons (Fsp3) is 0.364. The average molecular weight is 447 g/mol. The number of esters is 1. The third-order valence-corrected chi connectivity index (χ3v) is 6.39. The van der Waals surface area contributed by atoms with Crippen LogP contribution in [-0.2, 0) is 41.1 Å². The van der Waals surface area contributed by atoms with E-state index in [4.69, 9.17) is 4.74 Å². The second-order valence-electron chi connectivity index (χ2n) is 7.78. The first kappa shape index (κ1) is 22.8. The summed E-state index contributed by atoms with van der Waals surface area (Å²) in [5.74, 6) is -0.979. The lowest BCUT2D eigenvalue weighted by Crippen LogP contribution is -2.39. The van der Waals surface area contributed by atoms with Crippen LogP contribution in [0.4, 0.5) is 11.4 Å². The summed E-state index contributed by atoms with van der Waals surface area (Å²) < 4.78 is 37.6. The van der Waals surface area contributed by atoms with Crippen molar-refractivity contribution in [1.29, 1.82) is 0 Å². The summed E-state index contributed by atoms with van der Waals surface area (Å²) in [6.45, 7) is 3.66. The lowest BCUT2D eigenvalue weighted by molar-refractivity contribution is -0.140. The molecule has 166 valence electrons.